The summed E-state index contributed by atoms with van der Waals surface area (Å²) in [5.74, 6) is -0.244. The second-order valence-corrected chi connectivity index (χ2v) is 9.32. The lowest BCUT2D eigenvalue weighted by Gasteiger charge is -2.22. The van der Waals surface area contributed by atoms with Crippen molar-refractivity contribution < 1.29 is 13.2 Å². The molecule has 3 aromatic carbocycles. The van der Waals surface area contributed by atoms with E-state index in [-0.39, 0.29) is 10.8 Å². The van der Waals surface area contributed by atoms with E-state index in [1.54, 1.807) is 67.2 Å². The minimum Gasteiger partial charge on any atom is -0.322 e. The molecule has 0 aliphatic heterocycles. The number of aryl methyl sites for hydroxylation is 1. The number of hydrogen-bond donors (Lipinski definition) is 1. The van der Waals surface area contributed by atoms with E-state index < -0.39 is 10.0 Å². The highest BCUT2D eigenvalue weighted by molar-refractivity contribution is 7.98. The SMILES string of the molecule is CSc1cccc(NC(=O)c2ccc(N(C)S(=O)(=O)c3ccccc3)c(C)c2)c1. The van der Waals surface area contributed by atoms with E-state index in [2.05, 4.69) is 5.32 Å². The number of carbonyl (C=O) groups excluding carboxylic acids is 1. The van der Waals surface area contributed by atoms with E-state index in [0.717, 1.165) is 4.90 Å². The van der Waals surface area contributed by atoms with Gasteiger partial charge >= 0.3 is 0 Å². The zero-order chi connectivity index (χ0) is 21.0. The molecule has 0 spiro atoms. The lowest BCUT2D eigenvalue weighted by atomic mass is 10.1. The van der Waals surface area contributed by atoms with Gasteiger partial charge in [0.15, 0.2) is 0 Å². The van der Waals surface area contributed by atoms with Crippen LogP contribution in [0.5, 0.6) is 0 Å². The largest absolute Gasteiger partial charge is 0.322 e. The molecule has 150 valence electrons. The average Bonchev–Trinajstić information content (AvgIpc) is 2.74. The van der Waals surface area contributed by atoms with E-state index >= 15 is 0 Å². The van der Waals surface area contributed by atoms with Gasteiger partial charge in [-0.2, -0.15) is 0 Å². The molecule has 0 saturated heterocycles. The first-order valence-corrected chi connectivity index (χ1v) is 11.6. The highest BCUT2D eigenvalue weighted by Gasteiger charge is 2.22. The van der Waals surface area contributed by atoms with Crippen molar-refractivity contribution in [3.8, 4) is 0 Å². The summed E-state index contributed by atoms with van der Waals surface area (Å²) < 4.78 is 26.9. The molecule has 1 amide bonds. The number of nitrogens with one attached hydrogen (secondary N) is 1. The minimum atomic E-state index is -3.67. The Balaban J connectivity index is 1.83. The summed E-state index contributed by atoms with van der Waals surface area (Å²) in [6, 6.07) is 20.9. The van der Waals surface area contributed by atoms with Crippen LogP contribution in [0.25, 0.3) is 0 Å². The summed E-state index contributed by atoms with van der Waals surface area (Å²) in [4.78, 5) is 13.9. The topological polar surface area (TPSA) is 66.5 Å². The lowest BCUT2D eigenvalue weighted by molar-refractivity contribution is 0.102. The van der Waals surface area contributed by atoms with Crippen LogP contribution in [0.4, 0.5) is 11.4 Å². The Bertz CT molecular complexity index is 1130. The van der Waals surface area contributed by atoms with Crippen LogP contribution in [-0.4, -0.2) is 27.6 Å². The normalized spacial score (nSPS) is 11.1. The molecule has 5 nitrogen and oxygen atoms in total. The highest BCUT2D eigenvalue weighted by atomic mass is 32.2. The lowest BCUT2D eigenvalue weighted by Crippen LogP contribution is -2.27. The average molecular weight is 427 g/mol. The molecule has 0 aromatic heterocycles. The number of carbonyl (C=O) groups is 1. The van der Waals surface area contributed by atoms with Gasteiger partial charge in [-0.3, -0.25) is 9.10 Å². The van der Waals surface area contributed by atoms with Gasteiger partial charge in [-0.25, -0.2) is 8.42 Å². The third kappa shape index (κ3) is 4.63. The first-order valence-electron chi connectivity index (χ1n) is 8.93. The maximum absolute atomic E-state index is 12.8. The highest BCUT2D eigenvalue weighted by Crippen LogP contribution is 2.26. The Kier molecular flexibility index (Phi) is 6.30. The van der Waals surface area contributed by atoms with Gasteiger partial charge in [0.1, 0.15) is 0 Å². The number of anilines is 2. The third-order valence-electron chi connectivity index (χ3n) is 4.53. The van der Waals surface area contributed by atoms with Gasteiger partial charge < -0.3 is 5.32 Å². The van der Waals surface area contributed by atoms with Gasteiger partial charge in [-0.15, -0.1) is 11.8 Å². The van der Waals surface area contributed by atoms with Crippen molar-refractivity contribution in [2.75, 3.05) is 22.9 Å². The van der Waals surface area contributed by atoms with Crippen LogP contribution in [0.2, 0.25) is 0 Å². The first kappa shape index (κ1) is 21.0. The smallest absolute Gasteiger partial charge is 0.264 e. The molecule has 0 unspecified atom stereocenters. The van der Waals surface area contributed by atoms with Gasteiger partial charge in [-0.1, -0.05) is 24.3 Å². The summed E-state index contributed by atoms with van der Waals surface area (Å²) in [6.07, 6.45) is 1.98. The van der Waals surface area contributed by atoms with Crippen molar-refractivity contribution in [2.45, 2.75) is 16.7 Å². The molecule has 3 aromatic rings. The van der Waals surface area contributed by atoms with Gasteiger partial charge in [0.05, 0.1) is 10.6 Å². The molecule has 1 N–H and O–H groups in total. The number of amides is 1. The predicted molar refractivity (Wildman–Crippen MR) is 119 cm³/mol. The molecule has 0 heterocycles. The Morgan fingerprint density at radius 2 is 1.69 bits per heavy atom. The van der Waals surface area contributed by atoms with Crippen molar-refractivity contribution >= 4 is 39.1 Å². The van der Waals surface area contributed by atoms with Crippen LogP contribution in [0.1, 0.15) is 15.9 Å². The van der Waals surface area contributed by atoms with E-state index in [1.807, 2.05) is 30.5 Å². The molecule has 0 radical (unpaired) electrons. The number of rotatable bonds is 6. The van der Waals surface area contributed by atoms with Crippen molar-refractivity contribution in [2.24, 2.45) is 0 Å². The fourth-order valence-corrected chi connectivity index (χ4v) is 4.67. The van der Waals surface area contributed by atoms with Crippen LogP contribution >= 0.6 is 11.8 Å². The van der Waals surface area contributed by atoms with Crippen LogP contribution in [0, 0.1) is 6.92 Å². The summed E-state index contributed by atoms with van der Waals surface area (Å²) in [7, 11) is -2.16. The van der Waals surface area contributed by atoms with Gasteiger partial charge in [0, 0.05) is 23.2 Å². The van der Waals surface area contributed by atoms with E-state index in [0.29, 0.717) is 22.5 Å². The molecule has 0 atom stereocenters. The fourth-order valence-electron chi connectivity index (χ4n) is 2.93. The fraction of sp³-hybridized carbons (Fsp3) is 0.136. The van der Waals surface area contributed by atoms with Crippen molar-refractivity contribution in [1.82, 2.24) is 0 Å². The first-order chi connectivity index (χ1) is 13.8. The van der Waals surface area contributed by atoms with Crippen molar-refractivity contribution in [1.29, 1.82) is 0 Å². The Labute approximate surface area is 175 Å². The molecule has 0 bridgehead atoms. The second kappa shape index (κ2) is 8.71. The van der Waals surface area contributed by atoms with Crippen molar-refractivity contribution in [3.63, 3.8) is 0 Å². The molecule has 0 fully saturated rings. The minimum absolute atomic E-state index is 0.220. The van der Waals surface area contributed by atoms with Gasteiger partial charge in [-0.05, 0) is 67.3 Å². The molecular formula is C22H22N2O3S2. The maximum atomic E-state index is 12.8. The quantitative estimate of drug-likeness (QED) is 0.575. The second-order valence-electron chi connectivity index (χ2n) is 6.47. The monoisotopic (exact) mass is 426 g/mol. The summed E-state index contributed by atoms with van der Waals surface area (Å²) in [5, 5.41) is 2.88. The number of nitrogens with zero attached hydrogens (tertiary/aromatic N) is 1. The maximum Gasteiger partial charge on any atom is 0.264 e. The summed E-state index contributed by atoms with van der Waals surface area (Å²) in [5.41, 5.74) is 2.39. The van der Waals surface area contributed by atoms with Crippen LogP contribution in [-0.2, 0) is 10.0 Å². The molecule has 0 aliphatic carbocycles. The van der Waals surface area contributed by atoms with Crippen LogP contribution < -0.4 is 9.62 Å². The Morgan fingerprint density at radius 3 is 2.34 bits per heavy atom. The van der Waals surface area contributed by atoms with E-state index in [9.17, 15) is 13.2 Å². The number of hydrogen-bond acceptors (Lipinski definition) is 4. The number of sulfonamides is 1. The van der Waals surface area contributed by atoms with E-state index in [1.165, 1.54) is 11.4 Å². The summed E-state index contributed by atoms with van der Waals surface area (Å²) >= 11 is 1.60. The van der Waals surface area contributed by atoms with Gasteiger partial charge in [0.2, 0.25) is 0 Å². The third-order valence-corrected chi connectivity index (χ3v) is 7.04. The zero-order valence-electron chi connectivity index (χ0n) is 16.4. The molecule has 3 rings (SSSR count). The standard InChI is InChI=1S/C22H22N2O3S2/c1-16-14-17(22(25)23-18-8-7-9-19(15-18)28-3)12-13-21(16)24(2)29(26,27)20-10-5-4-6-11-20/h4-15H,1-3H3,(H,23,25). The Hall–Kier alpha value is -2.77. The Morgan fingerprint density at radius 1 is 0.966 bits per heavy atom. The van der Waals surface area contributed by atoms with Gasteiger partial charge in [0.25, 0.3) is 15.9 Å². The molecule has 7 heteroatoms. The van der Waals surface area contributed by atoms with Crippen molar-refractivity contribution in [3.05, 3.63) is 83.9 Å². The molecule has 0 aliphatic rings. The summed E-state index contributed by atoms with van der Waals surface area (Å²) in [6.45, 7) is 1.79. The zero-order valence-corrected chi connectivity index (χ0v) is 18.0. The van der Waals surface area contributed by atoms with Crippen LogP contribution in [0.3, 0.4) is 0 Å². The molecular weight excluding hydrogens is 404 g/mol. The molecule has 29 heavy (non-hydrogen) atoms. The number of thioether (sulfide) groups is 1. The van der Waals surface area contributed by atoms with E-state index in [4.69, 9.17) is 0 Å². The van der Waals surface area contributed by atoms with Crippen LogP contribution in [0.15, 0.2) is 82.6 Å². The number of benzene rings is 3. The predicted octanol–water partition coefficient (Wildman–Crippen LogP) is 4.79. The molecule has 0 saturated carbocycles.